The molecule has 7 heteroatoms. The molecule has 2 nitrogen and oxygen atoms in total. The van der Waals surface area contributed by atoms with E-state index in [9.17, 15) is 22.4 Å². The van der Waals surface area contributed by atoms with E-state index in [1.807, 2.05) is 0 Å². The summed E-state index contributed by atoms with van der Waals surface area (Å²) in [5.41, 5.74) is -0.848. The molecule has 0 bridgehead atoms. The summed E-state index contributed by atoms with van der Waals surface area (Å²) in [4.78, 5) is 13.7. The van der Waals surface area contributed by atoms with Crippen molar-refractivity contribution in [2.45, 2.75) is 6.18 Å². The highest BCUT2D eigenvalue weighted by atomic mass is 79.9. The zero-order valence-corrected chi connectivity index (χ0v) is 7.99. The summed E-state index contributed by atoms with van der Waals surface area (Å²) in [5.74, 6) is -2.93. The lowest BCUT2D eigenvalue weighted by atomic mass is 10.2. The van der Waals surface area contributed by atoms with Crippen LogP contribution < -0.4 is 0 Å². The Morgan fingerprint density at radius 2 is 2.00 bits per heavy atom. The number of hydrogen-bond acceptors (Lipinski definition) is 2. The molecule has 1 aromatic rings. The van der Waals surface area contributed by atoms with Crippen LogP contribution in [0.25, 0.3) is 0 Å². The monoisotopic (exact) mass is 271 g/mol. The molecule has 0 N–H and O–H groups in total. The Balaban J connectivity index is 3.15. The van der Waals surface area contributed by atoms with Gasteiger partial charge in [0.15, 0.2) is 0 Å². The average molecular weight is 272 g/mol. The first-order valence-corrected chi connectivity index (χ1v) is 4.04. The Morgan fingerprint density at radius 3 is 2.43 bits per heavy atom. The normalized spacial score (nSPS) is 11.5. The van der Waals surface area contributed by atoms with Crippen molar-refractivity contribution in [3.63, 3.8) is 0 Å². The highest BCUT2D eigenvalue weighted by molar-refractivity contribution is 9.10. The van der Waals surface area contributed by atoms with E-state index in [0.717, 1.165) is 6.07 Å². The molecule has 76 valence electrons. The summed E-state index contributed by atoms with van der Waals surface area (Å²) >= 11 is 2.62. The lowest BCUT2D eigenvalue weighted by Crippen LogP contribution is -2.24. The zero-order chi connectivity index (χ0) is 10.9. The smallest absolute Gasteiger partial charge is 0.282 e. The van der Waals surface area contributed by atoms with Gasteiger partial charge < -0.3 is 0 Å². The molecule has 1 aromatic heterocycles. The number of halogens is 5. The number of alkyl halides is 3. The molecule has 0 saturated heterocycles. The number of aromatic nitrogens is 1. The molecular formula is C7H2BrF4NO. The summed E-state index contributed by atoms with van der Waals surface area (Å²) in [6.07, 6.45) is -4.46. The molecule has 0 spiro atoms. The third kappa shape index (κ3) is 2.28. The Labute approximate surface area is 84.1 Å². The summed E-state index contributed by atoms with van der Waals surface area (Å²) in [7, 11) is 0. The summed E-state index contributed by atoms with van der Waals surface area (Å²) in [6.45, 7) is 0. The van der Waals surface area contributed by atoms with Crippen LogP contribution in [-0.2, 0) is 0 Å². The van der Waals surface area contributed by atoms with Crippen molar-refractivity contribution < 1.29 is 22.4 Å². The molecule has 0 aromatic carbocycles. The van der Waals surface area contributed by atoms with Crippen LogP contribution in [0.1, 0.15) is 10.5 Å². The van der Waals surface area contributed by atoms with Gasteiger partial charge in [-0.3, -0.25) is 4.79 Å². The molecule has 0 amide bonds. The first kappa shape index (κ1) is 11.1. The number of rotatable bonds is 1. The van der Waals surface area contributed by atoms with Crippen LogP contribution in [0, 0.1) is 5.82 Å². The van der Waals surface area contributed by atoms with Crippen LogP contribution in [0.4, 0.5) is 17.6 Å². The van der Waals surface area contributed by atoms with E-state index < -0.39 is 23.5 Å². The molecule has 1 rings (SSSR count). The van der Waals surface area contributed by atoms with E-state index in [1.54, 1.807) is 0 Å². The van der Waals surface area contributed by atoms with Crippen molar-refractivity contribution in [1.29, 1.82) is 0 Å². The van der Waals surface area contributed by atoms with Gasteiger partial charge in [0.1, 0.15) is 11.5 Å². The van der Waals surface area contributed by atoms with Crippen molar-refractivity contribution in [2.75, 3.05) is 0 Å². The SMILES string of the molecule is O=C(c1ncc(F)cc1Br)C(F)(F)F. The maximum atomic E-state index is 12.4. The molecule has 0 fully saturated rings. The second kappa shape index (κ2) is 3.64. The third-order valence-electron chi connectivity index (χ3n) is 1.28. The van der Waals surface area contributed by atoms with Crippen molar-refractivity contribution >= 4 is 21.7 Å². The summed E-state index contributed by atoms with van der Waals surface area (Å²) in [5, 5.41) is 0. The fourth-order valence-electron chi connectivity index (χ4n) is 0.716. The van der Waals surface area contributed by atoms with Crippen LogP contribution in [0.5, 0.6) is 0 Å². The fourth-order valence-corrected chi connectivity index (χ4v) is 1.22. The minimum absolute atomic E-state index is 0.320. The highest BCUT2D eigenvalue weighted by Crippen LogP contribution is 2.25. The van der Waals surface area contributed by atoms with E-state index in [1.165, 1.54) is 0 Å². The number of Topliss-reactive ketones (excluding diaryl/α,β-unsaturated/α-hetero) is 1. The van der Waals surface area contributed by atoms with Gasteiger partial charge in [0.2, 0.25) is 0 Å². The molecule has 0 unspecified atom stereocenters. The van der Waals surface area contributed by atoms with Gasteiger partial charge in [-0.15, -0.1) is 0 Å². The summed E-state index contributed by atoms with van der Waals surface area (Å²) < 4.78 is 47.8. The minimum Gasteiger partial charge on any atom is -0.282 e. The van der Waals surface area contributed by atoms with Crippen LogP contribution >= 0.6 is 15.9 Å². The Morgan fingerprint density at radius 1 is 1.43 bits per heavy atom. The van der Waals surface area contributed by atoms with Crippen LogP contribution in [0.3, 0.4) is 0 Å². The zero-order valence-electron chi connectivity index (χ0n) is 6.40. The predicted octanol–water partition coefficient (Wildman–Crippen LogP) is 2.73. The largest absolute Gasteiger partial charge is 0.456 e. The topological polar surface area (TPSA) is 30.0 Å². The molecule has 0 atom stereocenters. The molecule has 0 aliphatic rings. The van der Waals surface area contributed by atoms with E-state index in [2.05, 4.69) is 20.9 Å². The Hall–Kier alpha value is -0.980. The van der Waals surface area contributed by atoms with Crippen LogP contribution in [-0.4, -0.2) is 16.9 Å². The van der Waals surface area contributed by atoms with E-state index in [4.69, 9.17) is 0 Å². The van der Waals surface area contributed by atoms with Gasteiger partial charge in [-0.1, -0.05) is 0 Å². The Kier molecular flexibility index (Phi) is 2.89. The standard InChI is InChI=1S/C7H2BrF4NO/c8-4-1-3(9)2-13-5(4)6(14)7(10,11)12/h1-2H. The number of carbonyl (C=O) groups excluding carboxylic acids is 1. The van der Waals surface area contributed by atoms with Gasteiger partial charge in [-0.2, -0.15) is 13.2 Å². The van der Waals surface area contributed by atoms with Gasteiger partial charge in [0, 0.05) is 0 Å². The van der Waals surface area contributed by atoms with E-state index in [-0.39, 0.29) is 4.47 Å². The van der Waals surface area contributed by atoms with Gasteiger partial charge in [0.25, 0.3) is 5.78 Å². The lowest BCUT2D eigenvalue weighted by Gasteiger charge is -2.05. The molecule has 0 saturated carbocycles. The number of carbonyl (C=O) groups is 1. The predicted molar refractivity (Wildman–Crippen MR) is 42.3 cm³/mol. The maximum absolute atomic E-state index is 12.4. The van der Waals surface area contributed by atoms with Crippen LogP contribution in [0.2, 0.25) is 0 Å². The second-order valence-corrected chi connectivity index (χ2v) is 3.17. The second-order valence-electron chi connectivity index (χ2n) is 2.31. The van der Waals surface area contributed by atoms with Gasteiger partial charge in [-0.25, -0.2) is 9.37 Å². The number of hydrogen-bond donors (Lipinski definition) is 0. The first-order chi connectivity index (χ1) is 6.32. The van der Waals surface area contributed by atoms with E-state index >= 15 is 0 Å². The van der Waals surface area contributed by atoms with Crippen LogP contribution in [0.15, 0.2) is 16.7 Å². The quantitative estimate of drug-likeness (QED) is 0.581. The molecular weight excluding hydrogens is 270 g/mol. The van der Waals surface area contributed by atoms with Gasteiger partial charge in [-0.05, 0) is 22.0 Å². The van der Waals surface area contributed by atoms with E-state index in [0.29, 0.717) is 6.20 Å². The molecule has 0 radical (unpaired) electrons. The number of pyridine rings is 1. The van der Waals surface area contributed by atoms with Crippen molar-refractivity contribution in [2.24, 2.45) is 0 Å². The number of ketones is 1. The fraction of sp³-hybridized carbons (Fsp3) is 0.143. The Bertz CT molecular complexity index is 376. The van der Waals surface area contributed by atoms with Crippen molar-refractivity contribution in [1.82, 2.24) is 4.98 Å². The maximum Gasteiger partial charge on any atom is 0.456 e. The van der Waals surface area contributed by atoms with Gasteiger partial charge >= 0.3 is 6.18 Å². The average Bonchev–Trinajstić information content (AvgIpc) is 2.01. The molecule has 0 aliphatic heterocycles. The number of nitrogens with zero attached hydrogens (tertiary/aromatic N) is 1. The summed E-state index contributed by atoms with van der Waals surface area (Å²) in [6, 6.07) is 0.742. The first-order valence-electron chi connectivity index (χ1n) is 3.25. The lowest BCUT2D eigenvalue weighted by molar-refractivity contribution is -0.0888. The van der Waals surface area contributed by atoms with Crippen molar-refractivity contribution in [3.8, 4) is 0 Å². The molecule has 1 heterocycles. The van der Waals surface area contributed by atoms with Gasteiger partial charge in [0.05, 0.1) is 10.7 Å². The molecule has 0 aliphatic carbocycles. The third-order valence-corrected chi connectivity index (χ3v) is 1.88. The molecule has 14 heavy (non-hydrogen) atoms. The van der Waals surface area contributed by atoms with Crippen molar-refractivity contribution in [3.05, 3.63) is 28.2 Å². The highest BCUT2D eigenvalue weighted by Gasteiger charge is 2.41. The minimum atomic E-state index is -5.01.